The Hall–Kier alpha value is -1.00. The van der Waals surface area contributed by atoms with Crippen LogP contribution < -0.4 is 0 Å². The zero-order chi connectivity index (χ0) is 13.7. The van der Waals surface area contributed by atoms with E-state index in [0.717, 1.165) is 0 Å². The normalized spacial score (nSPS) is 11.6. The van der Waals surface area contributed by atoms with Crippen molar-refractivity contribution in [1.29, 1.82) is 0 Å². The first-order valence-electron chi connectivity index (χ1n) is 6.90. The third kappa shape index (κ3) is 3.51. The van der Waals surface area contributed by atoms with Gasteiger partial charge in [-0.1, -0.05) is 0 Å². The van der Waals surface area contributed by atoms with Gasteiger partial charge in [-0.25, -0.2) is 0 Å². The standard InChI is InChI=1S/C18H22As/c1-14-8-4-6-10-16(14)18(12-13-19-3)17-11-7-5-9-15(17)2/h4-11,18H,12-13H2,1-3H3/q+1. The molecule has 0 spiro atoms. The molecule has 0 atom stereocenters. The molecule has 0 saturated carbocycles. The predicted octanol–water partition coefficient (Wildman–Crippen LogP) is 5.00. The van der Waals surface area contributed by atoms with Gasteiger partial charge < -0.3 is 0 Å². The molecule has 0 aliphatic rings. The third-order valence-corrected chi connectivity index (χ3v) is 5.25. The Kier molecular flexibility index (Phi) is 5.28. The molecule has 0 unspecified atom stereocenters. The van der Waals surface area contributed by atoms with E-state index in [2.05, 4.69) is 68.1 Å². The number of benzene rings is 2. The Balaban J connectivity index is 2.42. The number of rotatable bonds is 5. The molecule has 0 aromatic heterocycles. The molecule has 2 radical (unpaired) electrons. The van der Waals surface area contributed by atoms with Gasteiger partial charge in [-0.3, -0.25) is 0 Å². The molecule has 19 heavy (non-hydrogen) atoms. The molecular weight excluding hydrogens is 291 g/mol. The van der Waals surface area contributed by atoms with Crippen LogP contribution in [0.4, 0.5) is 0 Å². The van der Waals surface area contributed by atoms with E-state index in [-0.39, 0.29) is 0 Å². The summed E-state index contributed by atoms with van der Waals surface area (Å²) in [7, 11) is 0. The average molecular weight is 313 g/mol. The van der Waals surface area contributed by atoms with Crippen LogP contribution in [0.2, 0.25) is 10.9 Å². The molecule has 0 fully saturated rings. The summed E-state index contributed by atoms with van der Waals surface area (Å²) in [6, 6.07) is 17.7. The van der Waals surface area contributed by atoms with E-state index in [0.29, 0.717) is 21.7 Å². The fourth-order valence-electron chi connectivity index (χ4n) is 2.69. The van der Waals surface area contributed by atoms with Crippen LogP contribution >= 0.6 is 0 Å². The minimum absolute atomic E-state index is 0.501. The molecule has 0 N–H and O–H groups in total. The second-order valence-electron chi connectivity index (χ2n) is 5.09. The van der Waals surface area contributed by atoms with Crippen molar-refractivity contribution in [3.05, 3.63) is 70.8 Å². The van der Waals surface area contributed by atoms with Gasteiger partial charge in [0.05, 0.1) is 0 Å². The van der Waals surface area contributed by atoms with Gasteiger partial charge in [0, 0.05) is 0 Å². The summed E-state index contributed by atoms with van der Waals surface area (Å²) in [6.07, 6.45) is 1.28. The first kappa shape index (κ1) is 14.4. The summed E-state index contributed by atoms with van der Waals surface area (Å²) >= 11 is 0.501. The van der Waals surface area contributed by atoms with E-state index in [9.17, 15) is 0 Å². The Morgan fingerprint density at radius 1 is 0.842 bits per heavy atom. The molecule has 0 bridgehead atoms. The van der Waals surface area contributed by atoms with Crippen LogP contribution in [0.5, 0.6) is 0 Å². The van der Waals surface area contributed by atoms with Crippen LogP contribution in [-0.4, -0.2) is 15.8 Å². The topological polar surface area (TPSA) is 0 Å². The minimum atomic E-state index is 0.501. The summed E-state index contributed by atoms with van der Waals surface area (Å²) in [4.78, 5) is 0. The van der Waals surface area contributed by atoms with Crippen LogP contribution in [0.15, 0.2) is 48.5 Å². The first-order chi connectivity index (χ1) is 9.24. The van der Waals surface area contributed by atoms with Crippen molar-refractivity contribution in [2.45, 2.75) is 37.1 Å². The van der Waals surface area contributed by atoms with E-state index >= 15 is 0 Å². The van der Waals surface area contributed by atoms with Crippen molar-refractivity contribution in [2.24, 2.45) is 0 Å². The molecule has 0 aliphatic heterocycles. The molecule has 0 amide bonds. The molecule has 2 aromatic rings. The zero-order valence-corrected chi connectivity index (χ0v) is 13.9. The van der Waals surface area contributed by atoms with Crippen LogP contribution in [0.3, 0.4) is 0 Å². The molecule has 1 heteroatoms. The van der Waals surface area contributed by atoms with Crippen molar-refractivity contribution in [2.75, 3.05) is 0 Å². The first-order valence-corrected chi connectivity index (χ1v) is 10.1. The fourth-order valence-corrected chi connectivity index (χ4v) is 3.78. The third-order valence-electron chi connectivity index (χ3n) is 3.77. The molecule has 0 saturated heterocycles. The molecule has 0 nitrogen and oxygen atoms in total. The van der Waals surface area contributed by atoms with Gasteiger partial charge in [0.2, 0.25) is 0 Å². The SMILES string of the molecule is C[As+]CCC(c1ccccc1C)c1ccccc1C. The van der Waals surface area contributed by atoms with Gasteiger partial charge in [0.25, 0.3) is 0 Å². The Bertz CT molecular complexity index is 485. The number of hydrogen-bond donors (Lipinski definition) is 0. The van der Waals surface area contributed by atoms with E-state index in [1.54, 1.807) is 0 Å². The fraction of sp³-hybridized carbons (Fsp3) is 0.333. The molecule has 2 rings (SSSR count). The predicted molar refractivity (Wildman–Crippen MR) is 85.2 cm³/mol. The Morgan fingerprint density at radius 3 is 1.74 bits per heavy atom. The molecule has 2 aromatic carbocycles. The maximum absolute atomic E-state index is 2.36. The quantitative estimate of drug-likeness (QED) is 0.682. The van der Waals surface area contributed by atoms with E-state index in [1.807, 2.05) is 0 Å². The zero-order valence-electron chi connectivity index (χ0n) is 12.1. The summed E-state index contributed by atoms with van der Waals surface area (Å²) in [5.41, 5.74) is 8.22. The summed E-state index contributed by atoms with van der Waals surface area (Å²) < 4.78 is 0. The average Bonchev–Trinajstić information content (AvgIpc) is 2.42. The van der Waals surface area contributed by atoms with Gasteiger partial charge in [0.1, 0.15) is 0 Å². The van der Waals surface area contributed by atoms with Crippen LogP contribution in [0.25, 0.3) is 0 Å². The second-order valence-corrected chi connectivity index (χ2v) is 7.36. The van der Waals surface area contributed by atoms with Crippen molar-refractivity contribution in [3.63, 3.8) is 0 Å². The van der Waals surface area contributed by atoms with Crippen LogP contribution in [0.1, 0.15) is 34.6 Å². The Morgan fingerprint density at radius 2 is 1.32 bits per heavy atom. The van der Waals surface area contributed by atoms with E-state index < -0.39 is 0 Å². The van der Waals surface area contributed by atoms with Gasteiger partial charge in [-0.05, 0) is 0 Å². The number of hydrogen-bond acceptors (Lipinski definition) is 0. The molecule has 0 heterocycles. The second kappa shape index (κ2) is 6.96. The van der Waals surface area contributed by atoms with Gasteiger partial charge in [-0.15, -0.1) is 0 Å². The summed E-state index contributed by atoms with van der Waals surface area (Å²) in [5.74, 6) is 0.567. The Labute approximate surface area is 123 Å². The van der Waals surface area contributed by atoms with Crippen molar-refractivity contribution in [1.82, 2.24) is 0 Å². The summed E-state index contributed by atoms with van der Waals surface area (Å²) in [5, 5.41) is 1.38. The van der Waals surface area contributed by atoms with E-state index in [4.69, 9.17) is 0 Å². The van der Waals surface area contributed by atoms with Crippen LogP contribution in [0, 0.1) is 13.8 Å². The van der Waals surface area contributed by atoms with Crippen molar-refractivity contribution in [3.8, 4) is 0 Å². The van der Waals surface area contributed by atoms with Gasteiger partial charge >= 0.3 is 124 Å². The summed E-state index contributed by atoms with van der Waals surface area (Å²) in [6.45, 7) is 4.47. The van der Waals surface area contributed by atoms with Crippen molar-refractivity contribution >= 4 is 15.8 Å². The monoisotopic (exact) mass is 313 g/mol. The van der Waals surface area contributed by atoms with Crippen LogP contribution in [-0.2, 0) is 0 Å². The molecule has 0 aliphatic carbocycles. The van der Waals surface area contributed by atoms with Gasteiger partial charge in [-0.2, -0.15) is 0 Å². The van der Waals surface area contributed by atoms with E-state index in [1.165, 1.54) is 33.9 Å². The van der Waals surface area contributed by atoms with Gasteiger partial charge in [0.15, 0.2) is 0 Å². The van der Waals surface area contributed by atoms with Crippen molar-refractivity contribution < 1.29 is 0 Å². The molecular formula is C18H22As+. The number of aryl methyl sites for hydroxylation is 2. The maximum atomic E-state index is 2.36. The molecule has 98 valence electrons.